The van der Waals surface area contributed by atoms with Crippen LogP contribution >= 0.6 is 0 Å². The molecule has 1 aliphatic rings. The van der Waals surface area contributed by atoms with E-state index in [9.17, 15) is 19.8 Å². The summed E-state index contributed by atoms with van der Waals surface area (Å²) in [5, 5.41) is 21.5. The Kier molecular flexibility index (Phi) is 8.28. The second-order valence-corrected chi connectivity index (χ2v) is 8.06. The van der Waals surface area contributed by atoms with E-state index in [1.54, 1.807) is 6.26 Å². The van der Waals surface area contributed by atoms with Crippen molar-refractivity contribution < 1.29 is 24.2 Å². The van der Waals surface area contributed by atoms with Gasteiger partial charge in [0.15, 0.2) is 5.89 Å². The van der Waals surface area contributed by atoms with E-state index in [0.717, 1.165) is 24.5 Å². The number of hydrogen-bond donors (Lipinski definition) is 3. The first-order valence-electron chi connectivity index (χ1n) is 10.00. The van der Waals surface area contributed by atoms with Crippen LogP contribution in [0.5, 0.6) is 0 Å². The van der Waals surface area contributed by atoms with Crippen LogP contribution in [0.2, 0.25) is 0 Å². The predicted molar refractivity (Wildman–Crippen MR) is 101 cm³/mol. The molecule has 27 heavy (non-hydrogen) atoms. The van der Waals surface area contributed by atoms with Crippen LogP contribution < -0.4 is 5.32 Å². The Balaban J connectivity index is 1.90. The molecule has 1 aliphatic carbocycles. The Labute approximate surface area is 160 Å². The second kappa shape index (κ2) is 10.4. The van der Waals surface area contributed by atoms with Gasteiger partial charge in [-0.3, -0.25) is 14.9 Å². The van der Waals surface area contributed by atoms with E-state index in [1.165, 1.54) is 32.1 Å². The number of aryl methyl sites for hydroxylation is 1. The Bertz CT molecular complexity index is 607. The first kappa shape index (κ1) is 21.4. The summed E-state index contributed by atoms with van der Waals surface area (Å²) in [6.07, 6.45) is 10.4. The number of hydrogen-bond acceptors (Lipinski definition) is 5. The highest BCUT2D eigenvalue weighted by molar-refractivity contribution is 5.77. The third kappa shape index (κ3) is 7.33. The summed E-state index contributed by atoms with van der Waals surface area (Å²) < 4.78 is 5.45. The maximum Gasteiger partial charge on any atom is 0.321 e. The molecule has 1 heterocycles. The Morgan fingerprint density at radius 2 is 1.85 bits per heavy atom. The van der Waals surface area contributed by atoms with Gasteiger partial charge in [0.25, 0.3) is 0 Å². The van der Waals surface area contributed by atoms with Crippen molar-refractivity contribution in [2.75, 3.05) is 0 Å². The molecule has 7 nitrogen and oxygen atoms in total. The number of oxazole rings is 1. The Morgan fingerprint density at radius 1 is 1.19 bits per heavy atom. The van der Waals surface area contributed by atoms with Gasteiger partial charge in [-0.15, -0.1) is 0 Å². The highest BCUT2D eigenvalue weighted by Gasteiger charge is 2.28. The standard InChI is InChI=1S/C20H32N2O5/c1-13(2)10-16(19(23)24)22-17(20(25)26)11-18-21-15(12-27-18)9-8-14-6-4-3-5-7-14/h12-14,16-17,22H,3-11H2,1-2H3,(H,23,24)(H,25,26). The van der Waals surface area contributed by atoms with Crippen LogP contribution in [-0.4, -0.2) is 39.2 Å². The lowest BCUT2D eigenvalue weighted by atomic mass is 9.86. The molecule has 0 radical (unpaired) electrons. The number of carboxylic acids is 2. The van der Waals surface area contributed by atoms with Crippen molar-refractivity contribution >= 4 is 11.9 Å². The molecule has 0 amide bonds. The maximum atomic E-state index is 11.6. The topological polar surface area (TPSA) is 113 Å². The van der Waals surface area contributed by atoms with Crippen LogP contribution in [0.4, 0.5) is 0 Å². The number of carbonyl (C=O) groups is 2. The quantitative estimate of drug-likeness (QED) is 0.540. The van der Waals surface area contributed by atoms with Crippen LogP contribution in [0.3, 0.4) is 0 Å². The van der Waals surface area contributed by atoms with Gasteiger partial charge >= 0.3 is 11.9 Å². The molecule has 0 aromatic carbocycles. The van der Waals surface area contributed by atoms with E-state index in [-0.39, 0.29) is 12.3 Å². The van der Waals surface area contributed by atoms with Crippen molar-refractivity contribution in [3.05, 3.63) is 17.8 Å². The number of nitrogens with zero attached hydrogens (tertiary/aromatic N) is 1. The van der Waals surface area contributed by atoms with E-state index in [2.05, 4.69) is 10.3 Å². The molecule has 0 saturated heterocycles. The van der Waals surface area contributed by atoms with Crippen LogP contribution in [0.1, 0.15) is 70.4 Å². The minimum atomic E-state index is -1.10. The molecule has 0 spiro atoms. The molecule has 2 rings (SSSR count). The van der Waals surface area contributed by atoms with Crippen molar-refractivity contribution in [2.45, 2.75) is 83.7 Å². The summed E-state index contributed by atoms with van der Waals surface area (Å²) in [6.45, 7) is 3.81. The van der Waals surface area contributed by atoms with E-state index < -0.39 is 24.0 Å². The fourth-order valence-corrected chi connectivity index (χ4v) is 3.73. The van der Waals surface area contributed by atoms with Crippen LogP contribution in [0, 0.1) is 11.8 Å². The molecule has 0 bridgehead atoms. The molecule has 3 N–H and O–H groups in total. The van der Waals surface area contributed by atoms with Crippen LogP contribution in [0.15, 0.2) is 10.7 Å². The van der Waals surface area contributed by atoms with Gasteiger partial charge < -0.3 is 14.6 Å². The van der Waals surface area contributed by atoms with Crippen LogP contribution in [0.25, 0.3) is 0 Å². The zero-order valence-corrected chi connectivity index (χ0v) is 16.3. The van der Waals surface area contributed by atoms with Gasteiger partial charge in [-0.25, -0.2) is 4.98 Å². The molecule has 2 unspecified atom stereocenters. The highest BCUT2D eigenvalue weighted by Crippen LogP contribution is 2.27. The maximum absolute atomic E-state index is 11.6. The minimum Gasteiger partial charge on any atom is -0.480 e. The van der Waals surface area contributed by atoms with Crippen LogP contribution in [-0.2, 0) is 22.4 Å². The molecule has 1 aromatic heterocycles. The SMILES string of the molecule is CC(C)CC(NC(Cc1nc(CCC2CCCCC2)co1)C(=O)O)C(=O)O. The molecule has 2 atom stereocenters. The normalized spacial score (nSPS) is 17.7. The molecule has 152 valence electrons. The largest absolute Gasteiger partial charge is 0.480 e. The molecular formula is C20H32N2O5. The number of aliphatic carboxylic acids is 2. The summed E-state index contributed by atoms with van der Waals surface area (Å²) in [6, 6.07) is -1.96. The van der Waals surface area contributed by atoms with Crippen molar-refractivity contribution in [1.29, 1.82) is 0 Å². The molecule has 7 heteroatoms. The fourth-order valence-electron chi connectivity index (χ4n) is 3.73. The number of carboxylic acid groups (broad SMARTS) is 2. The summed E-state index contributed by atoms with van der Waals surface area (Å²) in [5.74, 6) is -0.925. The number of nitrogens with one attached hydrogen (secondary N) is 1. The first-order valence-corrected chi connectivity index (χ1v) is 10.00. The zero-order chi connectivity index (χ0) is 19.8. The predicted octanol–water partition coefficient (Wildman–Crippen LogP) is 3.27. The van der Waals surface area contributed by atoms with Crippen molar-refractivity contribution in [1.82, 2.24) is 10.3 Å². The van der Waals surface area contributed by atoms with E-state index in [1.807, 2.05) is 13.8 Å². The first-order chi connectivity index (χ1) is 12.8. The van der Waals surface area contributed by atoms with E-state index in [4.69, 9.17) is 4.42 Å². The molecule has 0 aliphatic heterocycles. The molecule has 1 saturated carbocycles. The number of aromatic nitrogens is 1. The van der Waals surface area contributed by atoms with Gasteiger partial charge in [0, 0.05) is 0 Å². The number of rotatable bonds is 11. The summed E-state index contributed by atoms with van der Waals surface area (Å²) in [7, 11) is 0. The zero-order valence-electron chi connectivity index (χ0n) is 16.3. The van der Waals surface area contributed by atoms with Crippen molar-refractivity contribution in [3.8, 4) is 0 Å². The van der Waals surface area contributed by atoms with Gasteiger partial charge in [0.2, 0.25) is 0 Å². The average molecular weight is 380 g/mol. The lowest BCUT2D eigenvalue weighted by molar-refractivity contribution is -0.143. The van der Waals surface area contributed by atoms with Gasteiger partial charge in [0.05, 0.1) is 12.1 Å². The molecular weight excluding hydrogens is 348 g/mol. The monoisotopic (exact) mass is 380 g/mol. The second-order valence-electron chi connectivity index (χ2n) is 8.06. The lowest BCUT2D eigenvalue weighted by Crippen LogP contribution is -2.48. The fraction of sp³-hybridized carbons (Fsp3) is 0.750. The van der Waals surface area contributed by atoms with E-state index >= 15 is 0 Å². The van der Waals surface area contributed by atoms with Gasteiger partial charge in [-0.1, -0.05) is 46.0 Å². The summed E-state index contributed by atoms with van der Waals surface area (Å²) in [5.41, 5.74) is 0.844. The van der Waals surface area contributed by atoms with Crippen molar-refractivity contribution in [3.63, 3.8) is 0 Å². The van der Waals surface area contributed by atoms with Gasteiger partial charge in [-0.05, 0) is 31.1 Å². The Morgan fingerprint density at radius 3 is 2.44 bits per heavy atom. The third-order valence-corrected chi connectivity index (χ3v) is 5.22. The van der Waals surface area contributed by atoms with E-state index in [0.29, 0.717) is 12.3 Å². The highest BCUT2D eigenvalue weighted by atomic mass is 16.4. The Hall–Kier alpha value is -1.89. The summed E-state index contributed by atoms with van der Waals surface area (Å²) >= 11 is 0. The third-order valence-electron chi connectivity index (χ3n) is 5.22. The average Bonchev–Trinajstić information content (AvgIpc) is 3.06. The van der Waals surface area contributed by atoms with Crippen molar-refractivity contribution in [2.24, 2.45) is 11.8 Å². The minimum absolute atomic E-state index is 0.0284. The summed E-state index contributed by atoms with van der Waals surface area (Å²) in [4.78, 5) is 27.4. The molecule has 1 aromatic rings. The van der Waals surface area contributed by atoms with Gasteiger partial charge in [0.1, 0.15) is 18.3 Å². The van der Waals surface area contributed by atoms with Gasteiger partial charge in [-0.2, -0.15) is 0 Å². The smallest absolute Gasteiger partial charge is 0.321 e. The lowest BCUT2D eigenvalue weighted by Gasteiger charge is -2.21. The molecule has 1 fully saturated rings.